The van der Waals surface area contributed by atoms with Crippen LogP contribution in [0.2, 0.25) is 10.0 Å². The Hall–Kier alpha value is -1.24. The summed E-state index contributed by atoms with van der Waals surface area (Å²) in [6.07, 6.45) is 7.45. The summed E-state index contributed by atoms with van der Waals surface area (Å²) in [6.45, 7) is 0.103. The Labute approximate surface area is 152 Å². The maximum absolute atomic E-state index is 12.2. The maximum atomic E-state index is 12.2. The van der Waals surface area contributed by atoms with E-state index in [1.807, 2.05) is 0 Å². The van der Waals surface area contributed by atoms with E-state index in [-0.39, 0.29) is 28.2 Å². The lowest BCUT2D eigenvalue weighted by molar-refractivity contribution is -0.119. The van der Waals surface area contributed by atoms with Gasteiger partial charge in [0.15, 0.2) is 0 Å². The number of carbonyl (C=O) groups is 1. The highest BCUT2D eigenvalue weighted by Gasteiger charge is 2.23. The number of rotatable bonds is 6. The molecule has 0 aromatic heterocycles. The number of amides is 1. The van der Waals surface area contributed by atoms with Gasteiger partial charge in [0, 0.05) is 6.54 Å². The van der Waals surface area contributed by atoms with Gasteiger partial charge in [0.2, 0.25) is 15.9 Å². The summed E-state index contributed by atoms with van der Waals surface area (Å²) in [5, 5.41) is 3.11. The molecule has 0 atom stereocenters. The van der Waals surface area contributed by atoms with Crippen LogP contribution < -0.4 is 9.62 Å². The van der Waals surface area contributed by atoms with Crippen LogP contribution >= 0.6 is 23.2 Å². The molecule has 1 aromatic rings. The van der Waals surface area contributed by atoms with Crippen LogP contribution in [0, 0.1) is 0 Å². The summed E-state index contributed by atoms with van der Waals surface area (Å²) in [4.78, 5) is 12.2. The fourth-order valence-electron chi connectivity index (χ4n) is 2.53. The van der Waals surface area contributed by atoms with Crippen molar-refractivity contribution in [2.45, 2.75) is 25.7 Å². The largest absolute Gasteiger partial charge is 0.351 e. The van der Waals surface area contributed by atoms with E-state index in [9.17, 15) is 13.2 Å². The van der Waals surface area contributed by atoms with Crippen molar-refractivity contribution >= 4 is 44.8 Å². The number of anilines is 1. The molecule has 0 heterocycles. The van der Waals surface area contributed by atoms with Gasteiger partial charge in [-0.05, 0) is 37.8 Å². The molecule has 1 aliphatic rings. The quantitative estimate of drug-likeness (QED) is 0.756. The van der Waals surface area contributed by atoms with Gasteiger partial charge in [0.1, 0.15) is 6.54 Å². The van der Waals surface area contributed by atoms with Gasteiger partial charge in [-0.25, -0.2) is 8.42 Å². The second-order valence-corrected chi connectivity index (χ2v) is 8.42. The molecule has 0 bridgehead atoms. The summed E-state index contributed by atoms with van der Waals surface area (Å²) < 4.78 is 25.1. The van der Waals surface area contributed by atoms with Crippen LogP contribution in [-0.2, 0) is 14.8 Å². The second kappa shape index (κ2) is 8.23. The Morgan fingerprint density at radius 1 is 1.29 bits per heavy atom. The van der Waals surface area contributed by atoms with Crippen molar-refractivity contribution in [3.8, 4) is 0 Å². The van der Waals surface area contributed by atoms with Crippen LogP contribution in [0.25, 0.3) is 0 Å². The van der Waals surface area contributed by atoms with Gasteiger partial charge in [-0.15, -0.1) is 0 Å². The number of sulfonamides is 1. The molecule has 0 unspecified atom stereocenters. The lowest BCUT2D eigenvalue weighted by Gasteiger charge is -2.23. The topological polar surface area (TPSA) is 66.5 Å². The van der Waals surface area contributed by atoms with Crippen molar-refractivity contribution in [1.82, 2.24) is 5.32 Å². The van der Waals surface area contributed by atoms with E-state index in [4.69, 9.17) is 23.2 Å². The number of halogens is 2. The predicted octanol–water partition coefficient (Wildman–Crippen LogP) is 3.38. The molecular formula is C16H20Cl2N2O3S. The Bertz CT molecular complexity index is 748. The minimum Gasteiger partial charge on any atom is -0.351 e. The molecule has 24 heavy (non-hydrogen) atoms. The third kappa shape index (κ3) is 5.13. The van der Waals surface area contributed by atoms with Crippen LogP contribution in [0.1, 0.15) is 25.7 Å². The molecule has 132 valence electrons. The van der Waals surface area contributed by atoms with Crippen molar-refractivity contribution in [1.29, 1.82) is 0 Å². The minimum absolute atomic E-state index is 0.104. The Balaban J connectivity index is 2.10. The van der Waals surface area contributed by atoms with Gasteiger partial charge < -0.3 is 5.32 Å². The molecule has 0 saturated heterocycles. The highest BCUT2D eigenvalue weighted by Crippen LogP contribution is 2.33. The number of nitrogens with zero attached hydrogens (tertiary/aromatic N) is 1. The van der Waals surface area contributed by atoms with Gasteiger partial charge in [-0.3, -0.25) is 9.10 Å². The molecule has 1 aromatic carbocycles. The lowest BCUT2D eigenvalue weighted by atomic mass is 10.00. The molecule has 5 nitrogen and oxygen atoms in total. The van der Waals surface area contributed by atoms with E-state index >= 15 is 0 Å². The van der Waals surface area contributed by atoms with E-state index in [0.29, 0.717) is 6.54 Å². The van der Waals surface area contributed by atoms with Crippen LogP contribution in [0.3, 0.4) is 0 Å². The second-order valence-electron chi connectivity index (χ2n) is 5.73. The zero-order valence-electron chi connectivity index (χ0n) is 13.4. The highest BCUT2D eigenvalue weighted by atomic mass is 35.5. The number of nitrogens with one attached hydrogen (secondary N) is 1. The monoisotopic (exact) mass is 390 g/mol. The number of allylic oxidation sites excluding steroid dienone is 1. The van der Waals surface area contributed by atoms with Crippen molar-refractivity contribution in [2.75, 3.05) is 23.7 Å². The summed E-state index contributed by atoms with van der Waals surface area (Å²) in [5.74, 6) is -0.386. The first kappa shape index (κ1) is 19.1. The van der Waals surface area contributed by atoms with Crippen molar-refractivity contribution < 1.29 is 13.2 Å². The van der Waals surface area contributed by atoms with E-state index in [1.54, 1.807) is 12.1 Å². The molecular weight excluding hydrogens is 371 g/mol. The first-order valence-electron chi connectivity index (χ1n) is 7.65. The number of carbonyl (C=O) groups excluding carboxylic acids is 1. The Morgan fingerprint density at radius 3 is 2.67 bits per heavy atom. The van der Waals surface area contributed by atoms with Crippen LogP contribution in [0.4, 0.5) is 5.69 Å². The fraction of sp³-hybridized carbons (Fsp3) is 0.438. The molecule has 1 N–H and O–H groups in total. The zero-order chi connectivity index (χ0) is 17.7. The molecule has 0 radical (unpaired) electrons. The van der Waals surface area contributed by atoms with E-state index < -0.39 is 10.0 Å². The molecule has 0 saturated carbocycles. The minimum atomic E-state index is -3.68. The molecule has 0 aliphatic heterocycles. The summed E-state index contributed by atoms with van der Waals surface area (Å²) in [7, 11) is -3.68. The molecule has 2 rings (SSSR count). The smallest absolute Gasteiger partial charge is 0.241 e. The molecule has 8 heteroatoms. The third-order valence-electron chi connectivity index (χ3n) is 3.79. The number of benzene rings is 1. The molecule has 1 aliphatic carbocycles. The van der Waals surface area contributed by atoms with Gasteiger partial charge in [-0.2, -0.15) is 0 Å². The number of hydrogen-bond acceptors (Lipinski definition) is 3. The SMILES string of the molecule is CS(=O)(=O)N(CC(=O)NCC1=CCCCC1)c1cccc(Cl)c1Cl. The lowest BCUT2D eigenvalue weighted by Crippen LogP contribution is -2.41. The summed E-state index contributed by atoms with van der Waals surface area (Å²) in [6, 6.07) is 4.67. The maximum Gasteiger partial charge on any atom is 0.241 e. The zero-order valence-corrected chi connectivity index (χ0v) is 15.7. The number of hydrogen-bond donors (Lipinski definition) is 1. The Kier molecular flexibility index (Phi) is 6.54. The van der Waals surface area contributed by atoms with E-state index in [0.717, 1.165) is 29.8 Å². The van der Waals surface area contributed by atoms with Crippen LogP contribution in [0.5, 0.6) is 0 Å². The summed E-state index contributed by atoms with van der Waals surface area (Å²) >= 11 is 12.0. The van der Waals surface area contributed by atoms with Crippen molar-refractivity contribution in [3.63, 3.8) is 0 Å². The molecule has 0 spiro atoms. The van der Waals surface area contributed by atoms with Gasteiger partial charge in [-0.1, -0.05) is 40.9 Å². The summed E-state index contributed by atoms with van der Waals surface area (Å²) in [5.41, 5.74) is 1.37. The third-order valence-corrected chi connectivity index (χ3v) is 5.72. The van der Waals surface area contributed by atoms with Crippen molar-refractivity contribution in [3.05, 3.63) is 39.9 Å². The predicted molar refractivity (Wildman–Crippen MR) is 98.2 cm³/mol. The average molecular weight is 391 g/mol. The molecule has 1 amide bonds. The van der Waals surface area contributed by atoms with E-state index in [1.165, 1.54) is 18.1 Å². The van der Waals surface area contributed by atoms with Crippen molar-refractivity contribution in [2.24, 2.45) is 0 Å². The van der Waals surface area contributed by atoms with Gasteiger partial charge >= 0.3 is 0 Å². The molecule has 0 fully saturated rings. The first-order chi connectivity index (χ1) is 11.3. The van der Waals surface area contributed by atoms with E-state index in [2.05, 4.69) is 11.4 Å². The average Bonchev–Trinajstić information content (AvgIpc) is 2.53. The highest BCUT2D eigenvalue weighted by molar-refractivity contribution is 7.92. The van der Waals surface area contributed by atoms with Crippen LogP contribution in [-0.4, -0.2) is 33.7 Å². The van der Waals surface area contributed by atoms with Gasteiger partial charge in [0.25, 0.3) is 0 Å². The van der Waals surface area contributed by atoms with Crippen LogP contribution in [0.15, 0.2) is 29.8 Å². The normalized spacial score (nSPS) is 14.9. The van der Waals surface area contributed by atoms with Gasteiger partial charge in [0.05, 0.1) is 22.0 Å². The fourth-order valence-corrected chi connectivity index (χ4v) is 3.84. The first-order valence-corrected chi connectivity index (χ1v) is 10.3. The standard InChI is InChI=1S/C16H20Cl2N2O3S/c1-24(22,23)20(14-9-5-8-13(17)16(14)18)11-15(21)19-10-12-6-3-2-4-7-12/h5-6,8-9H,2-4,7,10-11H2,1H3,(H,19,21). The Morgan fingerprint density at radius 2 is 2.04 bits per heavy atom.